The topological polar surface area (TPSA) is 80.3 Å². The zero-order valence-corrected chi connectivity index (χ0v) is 21.5. The second-order valence-corrected chi connectivity index (χ2v) is 8.48. The predicted octanol–water partition coefficient (Wildman–Crippen LogP) is 5.88. The van der Waals surface area contributed by atoms with Gasteiger partial charge in [-0.05, 0) is 59.7 Å². The summed E-state index contributed by atoms with van der Waals surface area (Å²) < 4.78 is 27.5. The van der Waals surface area contributed by atoms with Crippen LogP contribution in [0.3, 0.4) is 0 Å². The summed E-state index contributed by atoms with van der Waals surface area (Å²) in [6, 6.07) is 32.7. The highest BCUT2D eigenvalue weighted by Gasteiger charge is 2.09. The Balaban J connectivity index is 1.06. The molecular formula is C32H30O7. The Labute approximate surface area is 227 Å². The third-order valence-electron chi connectivity index (χ3n) is 5.60. The van der Waals surface area contributed by atoms with Crippen LogP contribution >= 0.6 is 0 Å². The van der Waals surface area contributed by atoms with Gasteiger partial charge in [0, 0.05) is 0 Å². The van der Waals surface area contributed by atoms with Crippen molar-refractivity contribution in [2.45, 2.75) is 13.2 Å². The summed E-state index contributed by atoms with van der Waals surface area (Å²) in [7, 11) is 0. The molecule has 0 saturated carbocycles. The first kappa shape index (κ1) is 27.4. The molecule has 0 aliphatic carbocycles. The van der Waals surface area contributed by atoms with E-state index in [1.54, 1.807) is 48.5 Å². The molecule has 0 saturated heterocycles. The van der Waals surface area contributed by atoms with Crippen molar-refractivity contribution in [1.82, 2.24) is 0 Å². The molecule has 0 heterocycles. The number of hydrogen-bond acceptors (Lipinski definition) is 7. The number of carbonyl (C=O) groups excluding carboxylic acids is 2. The number of benzene rings is 4. The van der Waals surface area contributed by atoms with Gasteiger partial charge in [0.2, 0.25) is 0 Å². The van der Waals surface area contributed by atoms with Crippen molar-refractivity contribution in [3.8, 4) is 11.5 Å². The molecule has 0 bridgehead atoms. The maximum Gasteiger partial charge on any atom is 0.338 e. The normalized spacial score (nSPS) is 10.5. The van der Waals surface area contributed by atoms with Crippen LogP contribution < -0.4 is 9.47 Å². The number of esters is 2. The zero-order chi connectivity index (χ0) is 27.1. The highest BCUT2D eigenvalue weighted by molar-refractivity contribution is 5.90. The van der Waals surface area contributed by atoms with Crippen LogP contribution in [0.15, 0.2) is 109 Å². The van der Waals surface area contributed by atoms with Crippen LogP contribution in [0.4, 0.5) is 0 Å². The fourth-order valence-corrected chi connectivity index (χ4v) is 3.53. The summed E-state index contributed by atoms with van der Waals surface area (Å²) in [5, 5.41) is 0. The Morgan fingerprint density at radius 1 is 0.462 bits per heavy atom. The van der Waals surface area contributed by atoms with Crippen LogP contribution in [0.1, 0.15) is 31.8 Å². The molecule has 0 N–H and O–H groups in total. The van der Waals surface area contributed by atoms with E-state index in [0.29, 0.717) is 49.1 Å². The number of carbonyl (C=O) groups is 2. The molecule has 0 aromatic heterocycles. The van der Waals surface area contributed by atoms with Crippen LogP contribution in [0.5, 0.6) is 11.5 Å². The average molecular weight is 527 g/mol. The van der Waals surface area contributed by atoms with Gasteiger partial charge in [0.05, 0.1) is 24.3 Å². The molecule has 4 rings (SSSR count). The third kappa shape index (κ3) is 9.32. The van der Waals surface area contributed by atoms with E-state index >= 15 is 0 Å². The fourth-order valence-electron chi connectivity index (χ4n) is 3.53. The molecule has 200 valence electrons. The van der Waals surface area contributed by atoms with E-state index in [1.807, 2.05) is 60.7 Å². The van der Waals surface area contributed by atoms with E-state index in [0.717, 1.165) is 11.1 Å². The lowest BCUT2D eigenvalue weighted by atomic mass is 10.2. The van der Waals surface area contributed by atoms with Crippen molar-refractivity contribution in [2.75, 3.05) is 26.4 Å². The summed E-state index contributed by atoms with van der Waals surface area (Å²) in [4.78, 5) is 24.4. The first-order valence-electron chi connectivity index (χ1n) is 12.6. The van der Waals surface area contributed by atoms with Crippen LogP contribution in [0, 0.1) is 0 Å². The third-order valence-corrected chi connectivity index (χ3v) is 5.60. The van der Waals surface area contributed by atoms with E-state index in [1.165, 1.54) is 0 Å². The Morgan fingerprint density at radius 3 is 1.23 bits per heavy atom. The minimum Gasteiger partial charge on any atom is -0.491 e. The number of hydrogen-bond donors (Lipinski definition) is 0. The van der Waals surface area contributed by atoms with Gasteiger partial charge in [0.25, 0.3) is 0 Å². The zero-order valence-electron chi connectivity index (χ0n) is 21.5. The van der Waals surface area contributed by atoms with Crippen LogP contribution in [0.2, 0.25) is 0 Å². The van der Waals surface area contributed by atoms with Gasteiger partial charge in [-0.25, -0.2) is 9.59 Å². The van der Waals surface area contributed by atoms with E-state index in [2.05, 4.69) is 0 Å². The number of rotatable bonds is 14. The lowest BCUT2D eigenvalue weighted by Gasteiger charge is -2.10. The van der Waals surface area contributed by atoms with Gasteiger partial charge in [-0.3, -0.25) is 0 Å². The molecule has 0 unspecified atom stereocenters. The predicted molar refractivity (Wildman–Crippen MR) is 146 cm³/mol. The molecule has 7 heteroatoms. The highest BCUT2D eigenvalue weighted by Crippen LogP contribution is 2.15. The van der Waals surface area contributed by atoms with Crippen LogP contribution in [-0.4, -0.2) is 38.4 Å². The molecule has 4 aromatic rings. The van der Waals surface area contributed by atoms with E-state index in [-0.39, 0.29) is 25.2 Å². The summed E-state index contributed by atoms with van der Waals surface area (Å²) >= 11 is 0. The minimum atomic E-state index is -0.383. The molecular weight excluding hydrogens is 496 g/mol. The largest absolute Gasteiger partial charge is 0.491 e. The van der Waals surface area contributed by atoms with Gasteiger partial charge < -0.3 is 23.7 Å². The molecule has 0 fully saturated rings. The molecule has 0 aliphatic heterocycles. The molecule has 0 spiro atoms. The summed E-state index contributed by atoms with van der Waals surface area (Å²) in [5.74, 6) is 0.506. The molecule has 0 radical (unpaired) electrons. The lowest BCUT2D eigenvalue weighted by molar-refractivity contribution is 0.0464. The molecule has 0 atom stereocenters. The quantitative estimate of drug-likeness (QED) is 0.150. The second kappa shape index (κ2) is 15.0. The minimum absolute atomic E-state index is 0.230. The Morgan fingerprint density at radius 2 is 0.846 bits per heavy atom. The maximum atomic E-state index is 12.2. The van der Waals surface area contributed by atoms with Crippen molar-refractivity contribution < 1.29 is 33.3 Å². The summed E-state index contributed by atoms with van der Waals surface area (Å²) in [6.07, 6.45) is 0. The smallest absolute Gasteiger partial charge is 0.338 e. The molecule has 0 amide bonds. The van der Waals surface area contributed by atoms with Crippen molar-refractivity contribution in [3.05, 3.63) is 131 Å². The first-order valence-corrected chi connectivity index (χ1v) is 12.6. The van der Waals surface area contributed by atoms with E-state index < -0.39 is 0 Å². The van der Waals surface area contributed by atoms with Gasteiger partial charge in [-0.2, -0.15) is 0 Å². The van der Waals surface area contributed by atoms with Gasteiger partial charge in [-0.15, -0.1) is 0 Å². The van der Waals surface area contributed by atoms with Crippen LogP contribution in [0.25, 0.3) is 0 Å². The maximum absolute atomic E-state index is 12.2. The SMILES string of the molecule is O=C(OCc1ccccc1)c1ccc(OCCOCCOc2ccc(C(=O)OCc3ccccc3)cc2)cc1. The Kier molecular flexibility index (Phi) is 10.5. The average Bonchev–Trinajstić information content (AvgIpc) is 3.00. The monoisotopic (exact) mass is 526 g/mol. The van der Waals surface area contributed by atoms with Gasteiger partial charge in [-0.1, -0.05) is 60.7 Å². The summed E-state index contributed by atoms with van der Waals surface area (Å²) in [6.45, 7) is 1.95. The highest BCUT2D eigenvalue weighted by atomic mass is 16.5. The van der Waals surface area contributed by atoms with Gasteiger partial charge in [0.15, 0.2) is 0 Å². The lowest BCUT2D eigenvalue weighted by Crippen LogP contribution is -2.12. The molecule has 7 nitrogen and oxygen atoms in total. The standard InChI is InChI=1S/C32H30O7/c33-31(38-23-25-7-3-1-4-8-25)27-11-15-29(16-12-27)36-21-19-35-20-22-37-30-17-13-28(14-18-30)32(34)39-24-26-9-5-2-6-10-26/h1-18H,19-24H2. The molecule has 39 heavy (non-hydrogen) atoms. The number of ether oxygens (including phenoxy) is 5. The summed E-state index contributed by atoms with van der Waals surface area (Å²) in [5.41, 5.74) is 2.80. The van der Waals surface area contributed by atoms with Crippen molar-refractivity contribution in [1.29, 1.82) is 0 Å². The van der Waals surface area contributed by atoms with E-state index in [9.17, 15) is 9.59 Å². The van der Waals surface area contributed by atoms with Crippen molar-refractivity contribution >= 4 is 11.9 Å². The Bertz CT molecular complexity index is 1190. The van der Waals surface area contributed by atoms with Crippen molar-refractivity contribution in [2.24, 2.45) is 0 Å². The Hall–Kier alpha value is -4.62. The second-order valence-electron chi connectivity index (χ2n) is 8.48. The van der Waals surface area contributed by atoms with Gasteiger partial charge in [0.1, 0.15) is 37.9 Å². The van der Waals surface area contributed by atoms with Gasteiger partial charge >= 0.3 is 11.9 Å². The fraction of sp³-hybridized carbons (Fsp3) is 0.188. The first-order chi connectivity index (χ1) is 19.2. The molecule has 0 aliphatic rings. The van der Waals surface area contributed by atoms with E-state index in [4.69, 9.17) is 23.7 Å². The van der Waals surface area contributed by atoms with Crippen molar-refractivity contribution in [3.63, 3.8) is 0 Å². The van der Waals surface area contributed by atoms with Crippen LogP contribution in [-0.2, 0) is 27.4 Å². The molecule has 4 aromatic carbocycles.